The van der Waals surface area contributed by atoms with Crippen LogP contribution in [0.15, 0.2) is 0 Å². The van der Waals surface area contributed by atoms with E-state index in [1.807, 2.05) is 0 Å². The number of nitrogens with two attached hydrogens (primary N) is 2. The second-order valence-corrected chi connectivity index (χ2v) is 2.05. The summed E-state index contributed by atoms with van der Waals surface area (Å²) in [5.41, 5.74) is 11.6. The average molecular weight is 170 g/mol. The van der Waals surface area contributed by atoms with Crippen molar-refractivity contribution in [3.05, 3.63) is 0 Å². The number of hydrogen-bond donors (Lipinski definition) is 2. The SMILES string of the molecule is COc1nnc(OC)c(N)c1N. The van der Waals surface area contributed by atoms with Crippen LogP contribution in [0.25, 0.3) is 0 Å². The summed E-state index contributed by atoms with van der Waals surface area (Å²) in [7, 11) is 2.87. The van der Waals surface area contributed by atoms with E-state index in [-0.39, 0.29) is 23.1 Å². The number of hydrogen-bond acceptors (Lipinski definition) is 6. The fourth-order valence-electron chi connectivity index (χ4n) is 0.731. The van der Waals surface area contributed by atoms with Gasteiger partial charge in [0.1, 0.15) is 11.4 Å². The Kier molecular flexibility index (Phi) is 2.18. The van der Waals surface area contributed by atoms with Crippen molar-refractivity contribution < 1.29 is 9.47 Å². The summed E-state index contributed by atoms with van der Waals surface area (Å²) >= 11 is 0. The third-order valence-corrected chi connectivity index (χ3v) is 1.37. The Hall–Kier alpha value is -1.72. The molecule has 0 aliphatic carbocycles. The van der Waals surface area contributed by atoms with Crippen LogP contribution >= 0.6 is 0 Å². The van der Waals surface area contributed by atoms with Gasteiger partial charge >= 0.3 is 0 Å². The van der Waals surface area contributed by atoms with Crippen LogP contribution in [0.4, 0.5) is 11.4 Å². The van der Waals surface area contributed by atoms with Crippen LogP contribution in [0.5, 0.6) is 11.8 Å². The van der Waals surface area contributed by atoms with Crippen molar-refractivity contribution in [1.29, 1.82) is 0 Å². The van der Waals surface area contributed by atoms with Crippen molar-refractivity contribution in [3.8, 4) is 11.8 Å². The van der Waals surface area contributed by atoms with Crippen molar-refractivity contribution in [1.82, 2.24) is 10.2 Å². The number of anilines is 2. The maximum Gasteiger partial charge on any atom is 0.259 e. The molecule has 0 radical (unpaired) electrons. The molecule has 0 aliphatic rings. The van der Waals surface area contributed by atoms with E-state index in [4.69, 9.17) is 20.9 Å². The second kappa shape index (κ2) is 3.12. The molecule has 1 rings (SSSR count). The zero-order valence-electron chi connectivity index (χ0n) is 6.87. The van der Waals surface area contributed by atoms with Gasteiger partial charge < -0.3 is 20.9 Å². The Morgan fingerprint density at radius 1 is 0.917 bits per heavy atom. The molecule has 0 aliphatic heterocycles. The normalized spacial score (nSPS) is 9.50. The fraction of sp³-hybridized carbons (Fsp3) is 0.333. The van der Waals surface area contributed by atoms with E-state index in [1.54, 1.807) is 0 Å². The molecule has 0 saturated carbocycles. The Bertz CT molecular complexity index is 260. The van der Waals surface area contributed by atoms with E-state index in [9.17, 15) is 0 Å². The van der Waals surface area contributed by atoms with Gasteiger partial charge in [-0.2, -0.15) is 0 Å². The molecule has 66 valence electrons. The molecular formula is C6H10N4O2. The molecule has 0 fully saturated rings. The summed E-state index contributed by atoms with van der Waals surface area (Å²) in [6, 6.07) is 0. The zero-order valence-corrected chi connectivity index (χ0v) is 6.87. The molecule has 0 bridgehead atoms. The van der Waals surface area contributed by atoms with Crippen molar-refractivity contribution in [2.24, 2.45) is 0 Å². The van der Waals surface area contributed by atoms with Crippen LogP contribution in [0.2, 0.25) is 0 Å². The first kappa shape index (κ1) is 8.38. The molecule has 0 atom stereocenters. The maximum absolute atomic E-state index is 5.54. The second-order valence-electron chi connectivity index (χ2n) is 2.05. The first-order valence-corrected chi connectivity index (χ1v) is 3.20. The molecule has 4 N–H and O–H groups in total. The summed E-state index contributed by atoms with van der Waals surface area (Å²) in [4.78, 5) is 0. The lowest BCUT2D eigenvalue weighted by Crippen LogP contribution is -2.05. The van der Waals surface area contributed by atoms with Gasteiger partial charge in [-0.25, -0.2) is 0 Å². The summed E-state index contributed by atoms with van der Waals surface area (Å²) < 4.78 is 9.58. The lowest BCUT2D eigenvalue weighted by Gasteiger charge is -2.07. The number of rotatable bonds is 2. The number of nitrogens with zero attached hydrogens (tertiary/aromatic N) is 2. The Morgan fingerprint density at radius 2 is 1.25 bits per heavy atom. The van der Waals surface area contributed by atoms with E-state index >= 15 is 0 Å². The van der Waals surface area contributed by atoms with E-state index in [1.165, 1.54) is 14.2 Å². The van der Waals surface area contributed by atoms with Gasteiger partial charge in [-0.3, -0.25) is 0 Å². The van der Waals surface area contributed by atoms with Gasteiger partial charge in [0.05, 0.1) is 14.2 Å². The largest absolute Gasteiger partial charge is 0.478 e. The van der Waals surface area contributed by atoms with Crippen molar-refractivity contribution in [2.45, 2.75) is 0 Å². The van der Waals surface area contributed by atoms with Crippen LogP contribution in [-0.2, 0) is 0 Å². The van der Waals surface area contributed by atoms with E-state index in [0.29, 0.717) is 0 Å². The summed E-state index contributed by atoms with van der Waals surface area (Å²) in [5, 5.41) is 7.25. The number of nitrogen functional groups attached to an aromatic ring is 2. The van der Waals surface area contributed by atoms with Gasteiger partial charge in [-0.15, -0.1) is 10.2 Å². The summed E-state index contributed by atoms with van der Waals surface area (Å²) in [6.07, 6.45) is 0. The minimum atomic E-state index is 0.202. The maximum atomic E-state index is 5.54. The van der Waals surface area contributed by atoms with Gasteiger partial charge in [-0.1, -0.05) is 0 Å². The molecule has 0 aromatic carbocycles. The quantitative estimate of drug-likeness (QED) is 0.630. The highest BCUT2D eigenvalue weighted by Crippen LogP contribution is 2.29. The first-order chi connectivity index (χ1) is 5.70. The molecule has 1 aromatic rings. The van der Waals surface area contributed by atoms with Gasteiger partial charge in [0.25, 0.3) is 11.8 Å². The zero-order chi connectivity index (χ0) is 9.14. The highest BCUT2D eigenvalue weighted by Gasteiger charge is 2.11. The molecule has 0 saturated heterocycles. The van der Waals surface area contributed by atoms with Crippen molar-refractivity contribution in [2.75, 3.05) is 25.7 Å². The molecule has 1 heterocycles. The predicted molar refractivity (Wildman–Crippen MR) is 44.0 cm³/mol. The minimum Gasteiger partial charge on any atom is -0.478 e. The molecule has 6 heteroatoms. The Labute approximate surface area is 69.5 Å². The Morgan fingerprint density at radius 3 is 1.50 bits per heavy atom. The van der Waals surface area contributed by atoms with Crippen molar-refractivity contribution >= 4 is 11.4 Å². The minimum absolute atomic E-state index is 0.202. The summed E-state index contributed by atoms with van der Waals surface area (Å²) in [5.74, 6) is 0.404. The number of aromatic nitrogens is 2. The molecular weight excluding hydrogens is 160 g/mol. The predicted octanol–water partition coefficient (Wildman–Crippen LogP) is -0.342. The highest BCUT2D eigenvalue weighted by molar-refractivity contribution is 5.72. The average Bonchev–Trinajstić information content (AvgIpc) is 2.10. The van der Waals surface area contributed by atoms with E-state index in [2.05, 4.69) is 10.2 Å². The topological polar surface area (TPSA) is 96.3 Å². The number of methoxy groups -OCH3 is 2. The lowest BCUT2D eigenvalue weighted by atomic mass is 10.4. The molecule has 0 amide bonds. The van der Waals surface area contributed by atoms with Gasteiger partial charge in [-0.05, 0) is 0 Å². The van der Waals surface area contributed by atoms with Gasteiger partial charge in [0, 0.05) is 0 Å². The number of ether oxygens (including phenoxy) is 2. The monoisotopic (exact) mass is 170 g/mol. The third-order valence-electron chi connectivity index (χ3n) is 1.37. The summed E-state index contributed by atoms with van der Waals surface area (Å²) in [6.45, 7) is 0. The van der Waals surface area contributed by atoms with Gasteiger partial charge in [0.15, 0.2) is 0 Å². The van der Waals surface area contributed by atoms with E-state index < -0.39 is 0 Å². The standard InChI is InChI=1S/C6H10N4O2/c1-11-5-3(7)4(8)6(12-2)10-9-5/h1-2H3,(H2,8,9)(H2,7,10). The Balaban J connectivity index is 3.20. The van der Waals surface area contributed by atoms with Crippen LogP contribution in [0.3, 0.4) is 0 Å². The third kappa shape index (κ3) is 1.18. The van der Waals surface area contributed by atoms with Crippen molar-refractivity contribution in [3.63, 3.8) is 0 Å². The van der Waals surface area contributed by atoms with Crippen LogP contribution in [-0.4, -0.2) is 24.4 Å². The van der Waals surface area contributed by atoms with Crippen LogP contribution < -0.4 is 20.9 Å². The van der Waals surface area contributed by atoms with E-state index in [0.717, 1.165) is 0 Å². The molecule has 1 aromatic heterocycles. The fourth-order valence-corrected chi connectivity index (χ4v) is 0.731. The first-order valence-electron chi connectivity index (χ1n) is 3.20. The highest BCUT2D eigenvalue weighted by atomic mass is 16.5. The molecule has 6 nitrogen and oxygen atoms in total. The molecule has 0 unspecified atom stereocenters. The molecule has 0 spiro atoms. The van der Waals surface area contributed by atoms with Crippen LogP contribution in [0.1, 0.15) is 0 Å². The van der Waals surface area contributed by atoms with Crippen LogP contribution in [0, 0.1) is 0 Å². The molecule has 12 heavy (non-hydrogen) atoms. The smallest absolute Gasteiger partial charge is 0.259 e. The van der Waals surface area contributed by atoms with Gasteiger partial charge in [0.2, 0.25) is 0 Å². The lowest BCUT2D eigenvalue weighted by molar-refractivity contribution is 0.371.